The van der Waals surface area contributed by atoms with Gasteiger partial charge in [-0.2, -0.15) is 0 Å². The number of aryl methyl sites for hydroxylation is 1. The van der Waals surface area contributed by atoms with Gasteiger partial charge >= 0.3 is 0 Å². The van der Waals surface area contributed by atoms with E-state index in [1.165, 1.54) is 11.8 Å². The molecule has 8 heteroatoms. The van der Waals surface area contributed by atoms with E-state index in [1.54, 1.807) is 24.4 Å². The summed E-state index contributed by atoms with van der Waals surface area (Å²) in [6.45, 7) is 4.52. The zero-order valence-electron chi connectivity index (χ0n) is 20.7. The van der Waals surface area contributed by atoms with Crippen molar-refractivity contribution in [3.63, 3.8) is 0 Å². The maximum absolute atomic E-state index is 13.1. The second kappa shape index (κ2) is 10.6. The van der Waals surface area contributed by atoms with Gasteiger partial charge in [-0.3, -0.25) is 14.7 Å². The number of thiocarbonyl (C=S) groups is 1. The summed E-state index contributed by atoms with van der Waals surface area (Å²) in [7, 11) is 1.64. The zero-order valence-corrected chi connectivity index (χ0v) is 22.3. The molecule has 0 atom stereocenters. The third-order valence-electron chi connectivity index (χ3n) is 6.08. The van der Waals surface area contributed by atoms with E-state index in [9.17, 15) is 4.79 Å². The lowest BCUT2D eigenvalue weighted by molar-refractivity contribution is -0.122. The van der Waals surface area contributed by atoms with E-state index < -0.39 is 0 Å². The molecular formula is C29H25N3O3S2. The van der Waals surface area contributed by atoms with Gasteiger partial charge in [0.05, 0.1) is 18.6 Å². The molecule has 0 saturated carbocycles. The van der Waals surface area contributed by atoms with Crippen LogP contribution in [0.1, 0.15) is 22.5 Å². The normalized spacial score (nSPS) is 14.5. The van der Waals surface area contributed by atoms with Crippen molar-refractivity contribution >= 4 is 40.3 Å². The highest BCUT2D eigenvalue weighted by molar-refractivity contribution is 8.26. The van der Waals surface area contributed by atoms with Crippen LogP contribution in [-0.4, -0.2) is 31.8 Å². The highest BCUT2D eigenvalue weighted by Gasteiger charge is 2.32. The Kier molecular flexibility index (Phi) is 7.12. The molecule has 37 heavy (non-hydrogen) atoms. The summed E-state index contributed by atoms with van der Waals surface area (Å²) in [6, 6.07) is 21.3. The molecule has 0 aliphatic carbocycles. The van der Waals surface area contributed by atoms with Gasteiger partial charge in [0.15, 0.2) is 0 Å². The highest BCUT2D eigenvalue weighted by Crippen LogP contribution is 2.35. The molecule has 1 saturated heterocycles. The number of pyridine rings is 1. The van der Waals surface area contributed by atoms with Crippen molar-refractivity contribution in [1.82, 2.24) is 14.5 Å². The molecule has 2 aromatic carbocycles. The van der Waals surface area contributed by atoms with E-state index in [-0.39, 0.29) is 5.91 Å². The largest absolute Gasteiger partial charge is 0.497 e. The first-order valence-electron chi connectivity index (χ1n) is 11.7. The Labute approximate surface area is 225 Å². The number of carbonyl (C=O) groups is 1. The quantitative estimate of drug-likeness (QED) is 0.197. The summed E-state index contributed by atoms with van der Waals surface area (Å²) in [5, 5.41) is 0. The molecule has 0 spiro atoms. The number of ether oxygens (including phenoxy) is 2. The Morgan fingerprint density at radius 1 is 1.00 bits per heavy atom. The average Bonchev–Trinajstić information content (AvgIpc) is 3.34. The smallest absolute Gasteiger partial charge is 0.266 e. The van der Waals surface area contributed by atoms with Gasteiger partial charge in [-0.25, -0.2) is 0 Å². The van der Waals surface area contributed by atoms with Gasteiger partial charge in [0.25, 0.3) is 5.91 Å². The molecule has 6 nitrogen and oxygen atoms in total. The molecule has 4 aromatic rings. The van der Waals surface area contributed by atoms with Gasteiger partial charge in [-0.15, -0.1) is 0 Å². The van der Waals surface area contributed by atoms with Crippen LogP contribution in [0, 0.1) is 13.8 Å². The molecule has 1 amide bonds. The molecular weight excluding hydrogens is 502 g/mol. The minimum Gasteiger partial charge on any atom is -0.497 e. The van der Waals surface area contributed by atoms with E-state index >= 15 is 0 Å². The van der Waals surface area contributed by atoms with Crippen LogP contribution in [0.2, 0.25) is 0 Å². The van der Waals surface area contributed by atoms with Crippen molar-refractivity contribution in [2.45, 2.75) is 20.4 Å². The van der Waals surface area contributed by atoms with Crippen LogP contribution >= 0.6 is 24.0 Å². The fourth-order valence-corrected chi connectivity index (χ4v) is 5.47. The van der Waals surface area contributed by atoms with Gasteiger partial charge in [0.1, 0.15) is 21.6 Å². The Bertz CT molecular complexity index is 1480. The van der Waals surface area contributed by atoms with E-state index in [0.717, 1.165) is 45.5 Å². The van der Waals surface area contributed by atoms with Crippen molar-refractivity contribution in [1.29, 1.82) is 0 Å². The van der Waals surface area contributed by atoms with E-state index in [4.69, 9.17) is 21.7 Å². The number of rotatable bonds is 7. The molecule has 1 fully saturated rings. The van der Waals surface area contributed by atoms with Crippen molar-refractivity contribution < 1.29 is 14.3 Å². The van der Waals surface area contributed by atoms with Gasteiger partial charge in [-0.1, -0.05) is 30.0 Å². The predicted molar refractivity (Wildman–Crippen MR) is 151 cm³/mol. The lowest BCUT2D eigenvalue weighted by atomic mass is 10.2. The fourth-order valence-electron chi connectivity index (χ4n) is 4.23. The average molecular weight is 528 g/mol. The third kappa shape index (κ3) is 5.30. The lowest BCUT2D eigenvalue weighted by Crippen LogP contribution is -2.27. The molecule has 3 heterocycles. The summed E-state index contributed by atoms with van der Waals surface area (Å²) in [5.74, 6) is 2.19. The van der Waals surface area contributed by atoms with Crippen LogP contribution in [0.25, 0.3) is 11.8 Å². The number of hydrogen-bond donors (Lipinski definition) is 0. The number of amides is 1. The van der Waals surface area contributed by atoms with E-state index in [0.29, 0.717) is 15.8 Å². The van der Waals surface area contributed by atoms with Crippen molar-refractivity contribution in [3.05, 3.63) is 107 Å². The van der Waals surface area contributed by atoms with E-state index in [1.807, 2.05) is 66.7 Å². The molecule has 0 radical (unpaired) electrons. The van der Waals surface area contributed by atoms with E-state index in [2.05, 4.69) is 29.5 Å². The van der Waals surface area contributed by atoms with Gasteiger partial charge in [0, 0.05) is 29.5 Å². The Hall–Kier alpha value is -3.88. The molecule has 0 bridgehead atoms. The zero-order chi connectivity index (χ0) is 25.9. The van der Waals surface area contributed by atoms with Crippen LogP contribution in [0.3, 0.4) is 0 Å². The minimum absolute atomic E-state index is 0.0799. The summed E-state index contributed by atoms with van der Waals surface area (Å²) in [5.41, 5.74) is 5.05. The second-order valence-electron chi connectivity index (χ2n) is 8.56. The molecule has 186 valence electrons. The number of hydrogen-bond acceptors (Lipinski definition) is 6. The first-order chi connectivity index (χ1) is 17.9. The topological polar surface area (TPSA) is 56.6 Å². The van der Waals surface area contributed by atoms with Gasteiger partial charge < -0.3 is 14.0 Å². The van der Waals surface area contributed by atoms with Gasteiger partial charge in [-0.05, 0) is 91.7 Å². The summed E-state index contributed by atoms with van der Waals surface area (Å²) in [4.78, 5) is 19.5. The van der Waals surface area contributed by atoms with Crippen LogP contribution in [0.15, 0.2) is 84.0 Å². The summed E-state index contributed by atoms with van der Waals surface area (Å²) in [6.07, 6.45) is 5.40. The second-order valence-corrected chi connectivity index (χ2v) is 10.2. The highest BCUT2D eigenvalue weighted by atomic mass is 32.2. The maximum Gasteiger partial charge on any atom is 0.266 e. The van der Waals surface area contributed by atoms with Crippen LogP contribution in [0.5, 0.6) is 17.2 Å². The number of nitrogens with zero attached hydrogens (tertiary/aromatic N) is 3. The van der Waals surface area contributed by atoms with Crippen LogP contribution < -0.4 is 9.47 Å². The van der Waals surface area contributed by atoms with Crippen LogP contribution in [0.4, 0.5) is 0 Å². The van der Waals surface area contributed by atoms with Crippen molar-refractivity contribution in [2.24, 2.45) is 0 Å². The van der Waals surface area contributed by atoms with Crippen molar-refractivity contribution in [2.75, 3.05) is 7.11 Å². The first kappa shape index (κ1) is 24.8. The number of methoxy groups -OCH3 is 1. The Balaban J connectivity index is 1.34. The van der Waals surface area contributed by atoms with Crippen molar-refractivity contribution in [3.8, 4) is 22.9 Å². The molecule has 2 aromatic heterocycles. The lowest BCUT2D eigenvalue weighted by Gasteiger charge is -2.13. The SMILES string of the molecule is COc1ccc(Oc2ccc(-n3c(C)cc(/C=C4\SC(=S)N(Cc5cccnc5)C4=O)c3C)cc2)cc1. The van der Waals surface area contributed by atoms with Gasteiger partial charge in [0.2, 0.25) is 0 Å². The third-order valence-corrected chi connectivity index (χ3v) is 7.46. The predicted octanol–water partition coefficient (Wildman–Crippen LogP) is 6.69. The maximum atomic E-state index is 13.1. The molecule has 1 aliphatic rings. The first-order valence-corrected chi connectivity index (χ1v) is 12.9. The fraction of sp³-hybridized carbons (Fsp3) is 0.138. The Morgan fingerprint density at radius 2 is 1.68 bits per heavy atom. The molecule has 0 unspecified atom stereocenters. The monoisotopic (exact) mass is 527 g/mol. The Morgan fingerprint density at radius 3 is 2.32 bits per heavy atom. The summed E-state index contributed by atoms with van der Waals surface area (Å²) >= 11 is 6.84. The number of aromatic nitrogens is 2. The number of benzene rings is 2. The minimum atomic E-state index is -0.0799. The summed E-state index contributed by atoms with van der Waals surface area (Å²) < 4.78 is 13.9. The number of carbonyl (C=O) groups excluding carboxylic acids is 1. The molecule has 5 rings (SSSR count). The van der Waals surface area contributed by atoms with Crippen LogP contribution in [-0.2, 0) is 11.3 Å². The molecule has 1 aliphatic heterocycles. The molecule has 0 N–H and O–H groups in total. The number of thioether (sulfide) groups is 1. The standard InChI is InChI=1S/C29H25N3O3S2/c1-19-15-22(16-27-28(33)31(29(36)37-27)18-21-5-4-14-30-17-21)20(2)32(19)23-6-8-25(9-7-23)35-26-12-10-24(34-3)11-13-26/h4-17H,18H2,1-3H3/b27-16-.